The number of nitrogens with one attached hydrogen (secondary N) is 3. The Bertz CT molecular complexity index is 2430. The second kappa shape index (κ2) is 32.8. The van der Waals surface area contributed by atoms with E-state index in [4.69, 9.17) is 0 Å². The zero-order valence-corrected chi connectivity index (χ0v) is 59.0. The van der Waals surface area contributed by atoms with E-state index in [1.165, 1.54) is 137 Å². The number of likely N-dealkylation sites (tertiary alicyclic amines) is 2. The number of piperidine rings is 2. The quantitative estimate of drug-likeness (QED) is 0.161. The molecule has 0 aromatic heterocycles. The predicted octanol–water partition coefficient (Wildman–Crippen LogP) is 18.3. The molecule has 9 heteroatoms. The van der Waals surface area contributed by atoms with Crippen molar-refractivity contribution in [1.82, 2.24) is 24.9 Å². The minimum Gasteiger partial charge on any atom is -0.380 e. The zero-order valence-electron chi connectivity index (χ0n) is 58.2. The van der Waals surface area contributed by atoms with Gasteiger partial charge in [-0.15, -0.1) is 0 Å². The van der Waals surface area contributed by atoms with E-state index in [0.717, 1.165) is 68.0 Å². The van der Waals surface area contributed by atoms with E-state index in [2.05, 4.69) is 208 Å². The number of hydrogen-bond acceptors (Lipinski definition) is 8. The summed E-state index contributed by atoms with van der Waals surface area (Å²) in [4.78, 5) is 11.2. The summed E-state index contributed by atoms with van der Waals surface area (Å²) in [5.74, 6) is 3.10. The summed E-state index contributed by atoms with van der Waals surface area (Å²) in [6, 6.07) is 34.7. The molecule has 4 fully saturated rings. The molecule has 0 spiro atoms. The van der Waals surface area contributed by atoms with Gasteiger partial charge in [0.25, 0.3) is 0 Å². The maximum atomic E-state index is 12.3. The molecule has 3 saturated heterocycles. The Balaban J connectivity index is 0.000000188. The molecule has 10 rings (SSSR count). The molecule has 1 aliphatic carbocycles. The smallest absolute Gasteiger partial charge is 0.0583 e. The Morgan fingerprint density at radius 3 is 1.27 bits per heavy atom. The average Bonchev–Trinajstić information content (AvgIpc) is 3.17. The van der Waals surface area contributed by atoms with Crippen LogP contribution in [0, 0.1) is 23.2 Å². The van der Waals surface area contributed by atoms with Gasteiger partial charge in [-0.25, -0.2) is 0 Å². The van der Waals surface area contributed by atoms with Crippen LogP contribution < -0.4 is 16.0 Å². The molecular formula is C76H127N7OS. The molecule has 3 N–H and O–H groups in total. The van der Waals surface area contributed by atoms with Gasteiger partial charge in [-0.3, -0.25) is 23.8 Å². The molecule has 478 valence electrons. The van der Waals surface area contributed by atoms with Crippen molar-refractivity contribution in [2.75, 3.05) is 56.4 Å². The third-order valence-electron chi connectivity index (χ3n) is 17.7. The number of fused-ring (bicyclic) bond motifs is 2. The molecule has 4 aromatic rings. The zero-order chi connectivity index (χ0) is 62.8. The summed E-state index contributed by atoms with van der Waals surface area (Å²) >= 11 is 0. The number of rotatable bonds is 8. The van der Waals surface area contributed by atoms with Gasteiger partial charge in [-0.1, -0.05) is 121 Å². The van der Waals surface area contributed by atoms with Crippen LogP contribution in [0.2, 0.25) is 0 Å². The van der Waals surface area contributed by atoms with E-state index in [1.807, 2.05) is 63.2 Å². The second-order valence-corrected chi connectivity index (χ2v) is 34.2. The normalized spacial score (nSPS) is 19.9. The first-order valence-electron chi connectivity index (χ1n) is 33.7. The molecule has 8 nitrogen and oxygen atoms in total. The number of benzene rings is 4. The number of nitrogens with zero attached hydrogens (tertiary/aromatic N) is 4. The molecule has 0 radical (unpaired) electrons. The van der Waals surface area contributed by atoms with E-state index in [-0.39, 0.29) is 15.8 Å². The van der Waals surface area contributed by atoms with Gasteiger partial charge >= 0.3 is 0 Å². The average molecular weight is 1190 g/mol. The fourth-order valence-electron chi connectivity index (χ4n) is 13.1. The minimum absolute atomic E-state index is 0.154. The predicted molar refractivity (Wildman–Crippen MR) is 372 cm³/mol. The van der Waals surface area contributed by atoms with E-state index < -0.39 is 10.8 Å². The van der Waals surface area contributed by atoms with Crippen molar-refractivity contribution in [3.05, 3.63) is 125 Å². The summed E-state index contributed by atoms with van der Waals surface area (Å²) < 4.78 is 12.1. The Morgan fingerprint density at radius 2 is 0.882 bits per heavy atom. The van der Waals surface area contributed by atoms with E-state index in [0.29, 0.717) is 16.5 Å². The van der Waals surface area contributed by atoms with Crippen LogP contribution in [0.5, 0.6) is 0 Å². The van der Waals surface area contributed by atoms with Crippen LogP contribution in [0.3, 0.4) is 0 Å². The van der Waals surface area contributed by atoms with Crippen LogP contribution in [0.1, 0.15) is 231 Å². The lowest BCUT2D eigenvalue weighted by molar-refractivity contribution is 0.0712. The summed E-state index contributed by atoms with van der Waals surface area (Å²) in [7, 11) is -0.925. The highest BCUT2D eigenvalue weighted by molar-refractivity contribution is 7.86. The first-order chi connectivity index (χ1) is 39.7. The van der Waals surface area contributed by atoms with Gasteiger partial charge in [0.2, 0.25) is 0 Å². The molecular weight excluding hydrogens is 1060 g/mol. The van der Waals surface area contributed by atoms with Gasteiger partial charge in [0, 0.05) is 75.4 Å². The van der Waals surface area contributed by atoms with Crippen LogP contribution >= 0.6 is 0 Å². The SMILES string of the molecule is CC(C)(C)N1CCC(C2CCCC2)CC1.CC(C)(C)N1CCC(C2CCCN2)CC1.CC(C)(C)Nc1ccccc1.CC(C)(C)Nc1ccccc1.CCN1Cc2ccc(CC(C)(C)C)cc2C1.CCN1Cc2ccc(S(=O)C(C)(C)C)cc2C1. The molecule has 2 unspecified atom stereocenters. The molecule has 1 saturated carbocycles. The Kier molecular flexibility index (Phi) is 27.8. The fourth-order valence-corrected chi connectivity index (χ4v) is 14.2. The topological polar surface area (TPSA) is 66.1 Å². The van der Waals surface area contributed by atoms with Crippen molar-refractivity contribution in [1.29, 1.82) is 0 Å². The lowest BCUT2D eigenvalue weighted by Crippen LogP contribution is -2.48. The highest BCUT2D eigenvalue weighted by Crippen LogP contribution is 2.38. The molecule has 5 heterocycles. The van der Waals surface area contributed by atoms with Crippen molar-refractivity contribution < 1.29 is 4.21 Å². The molecule has 4 aromatic carbocycles. The Morgan fingerprint density at radius 1 is 0.471 bits per heavy atom. The summed E-state index contributed by atoms with van der Waals surface area (Å²) in [5.41, 5.74) is 11.1. The van der Waals surface area contributed by atoms with Gasteiger partial charge in [-0.05, 0) is 282 Å². The first kappa shape index (κ1) is 72.2. The van der Waals surface area contributed by atoms with Gasteiger partial charge in [0.15, 0.2) is 0 Å². The van der Waals surface area contributed by atoms with E-state index in [9.17, 15) is 4.21 Å². The first-order valence-corrected chi connectivity index (χ1v) is 34.8. The third kappa shape index (κ3) is 26.2. The highest BCUT2D eigenvalue weighted by atomic mass is 32.2. The van der Waals surface area contributed by atoms with Crippen LogP contribution in [0.25, 0.3) is 0 Å². The van der Waals surface area contributed by atoms with Crippen LogP contribution in [-0.4, -0.2) is 103 Å². The largest absolute Gasteiger partial charge is 0.380 e. The summed E-state index contributed by atoms with van der Waals surface area (Å²) in [6.07, 6.45) is 15.8. The standard InChI is InChI=1S/C15H23N.C14H21NOS.C14H27N.C13H26N2.2C10H15N/c1-5-16-10-13-7-6-12(8-14(13)11-16)9-15(2,3)4;1-5-15-9-11-6-7-13(8-12(11)10-15)17(16)14(2,3)4;1-14(2,3)15-10-8-13(9-11-15)12-6-4-5-7-12;1-13(2,3)15-9-6-11(7-10-15)12-5-4-8-14-12;2*1-10(2,3)11-9-7-5-4-6-8-9/h6-8H,5,9-11H2,1-4H3;6-8H,5,9-10H2,1-4H3;12-13H,4-11H2,1-3H3;11-12,14H,4-10H2,1-3H3;2*4-8,11H,1-3H3. The fraction of sp³-hybridized carbons (Fsp3) is 0.684. The van der Waals surface area contributed by atoms with Crippen molar-refractivity contribution in [3.8, 4) is 0 Å². The van der Waals surface area contributed by atoms with Crippen molar-refractivity contribution >= 4 is 22.2 Å². The molecule has 85 heavy (non-hydrogen) atoms. The van der Waals surface area contributed by atoms with Crippen LogP contribution in [0.15, 0.2) is 102 Å². The summed E-state index contributed by atoms with van der Waals surface area (Å²) in [5, 5.41) is 10.4. The molecule has 0 amide bonds. The van der Waals surface area contributed by atoms with E-state index in [1.54, 1.807) is 5.56 Å². The minimum atomic E-state index is -0.925. The Labute approximate surface area is 526 Å². The molecule has 2 atom stereocenters. The summed E-state index contributed by atoms with van der Waals surface area (Å²) in [6.45, 7) is 57.4. The lowest BCUT2D eigenvalue weighted by atomic mass is 9.82. The van der Waals surface area contributed by atoms with Gasteiger partial charge in [-0.2, -0.15) is 0 Å². The lowest BCUT2D eigenvalue weighted by Gasteiger charge is -2.42. The monoisotopic (exact) mass is 1190 g/mol. The van der Waals surface area contributed by atoms with Crippen molar-refractivity contribution in [2.45, 2.75) is 273 Å². The number of hydrogen-bond donors (Lipinski definition) is 3. The van der Waals surface area contributed by atoms with Crippen LogP contribution in [-0.2, 0) is 43.4 Å². The number of para-hydroxylation sites is 2. The van der Waals surface area contributed by atoms with Gasteiger partial charge in [0.1, 0.15) is 0 Å². The van der Waals surface area contributed by atoms with Crippen molar-refractivity contribution in [2.24, 2.45) is 23.2 Å². The van der Waals surface area contributed by atoms with Crippen molar-refractivity contribution in [3.63, 3.8) is 0 Å². The maximum Gasteiger partial charge on any atom is 0.0583 e. The van der Waals surface area contributed by atoms with E-state index >= 15 is 0 Å². The third-order valence-corrected chi connectivity index (χ3v) is 19.5. The second-order valence-electron chi connectivity index (χ2n) is 32.0. The number of anilines is 2. The van der Waals surface area contributed by atoms with Crippen LogP contribution in [0.4, 0.5) is 11.4 Å². The highest BCUT2D eigenvalue weighted by Gasteiger charge is 2.34. The molecule has 6 aliphatic rings. The maximum absolute atomic E-state index is 12.3. The molecule has 5 aliphatic heterocycles. The Hall–Kier alpha value is -3.57. The van der Waals surface area contributed by atoms with Gasteiger partial charge < -0.3 is 16.0 Å². The van der Waals surface area contributed by atoms with Gasteiger partial charge in [0.05, 0.1) is 10.8 Å². The molecule has 0 bridgehead atoms.